The summed E-state index contributed by atoms with van der Waals surface area (Å²) in [5.74, 6) is 0.849. The normalized spacial score (nSPS) is 11.2. The smallest absolute Gasteiger partial charge is 0.268 e. The summed E-state index contributed by atoms with van der Waals surface area (Å²) in [6.45, 7) is 9.11. The van der Waals surface area contributed by atoms with Crippen molar-refractivity contribution in [2.45, 2.75) is 33.7 Å². The van der Waals surface area contributed by atoms with E-state index in [9.17, 15) is 4.79 Å². The second kappa shape index (κ2) is 8.20. The maximum Gasteiger partial charge on any atom is 0.268 e. The summed E-state index contributed by atoms with van der Waals surface area (Å²) in [5.41, 5.74) is 2.85. The highest BCUT2D eigenvalue weighted by Crippen LogP contribution is 2.29. The first-order chi connectivity index (χ1) is 11.5. The number of rotatable bonds is 8. The zero-order chi connectivity index (χ0) is 17.7. The molecule has 1 N–H and O–H groups in total. The van der Waals surface area contributed by atoms with E-state index in [1.807, 2.05) is 46.1 Å². The number of aryl methyl sites for hydroxylation is 2. The molecule has 0 saturated carbocycles. The third-order valence-corrected chi connectivity index (χ3v) is 4.20. The molecule has 132 valence electrons. The standard InChI is InChI=1S/C19H29N3O2/c1-6-22-17-10-9-15(24-7-2)13-16(17)14(3)18(22)19(23)20-11-8-12-21(4)5/h9-10,13H,6-8,11-12H2,1-5H3,(H,20,23). The molecule has 0 aliphatic rings. The SMILES string of the molecule is CCOc1ccc2c(c1)c(C)c(C(=O)NCCCN(C)C)n2CC. The third kappa shape index (κ3) is 3.90. The van der Waals surface area contributed by atoms with Gasteiger partial charge in [0.1, 0.15) is 11.4 Å². The fourth-order valence-corrected chi connectivity index (χ4v) is 3.06. The minimum atomic E-state index is 0.00210. The molecular weight excluding hydrogens is 302 g/mol. The van der Waals surface area contributed by atoms with Crippen molar-refractivity contribution in [1.29, 1.82) is 0 Å². The number of ether oxygens (including phenoxy) is 1. The Balaban J connectivity index is 2.28. The lowest BCUT2D eigenvalue weighted by Crippen LogP contribution is -2.29. The summed E-state index contributed by atoms with van der Waals surface area (Å²) in [7, 11) is 4.08. The predicted octanol–water partition coefficient (Wildman–Crippen LogP) is 3.05. The minimum absolute atomic E-state index is 0.00210. The van der Waals surface area contributed by atoms with E-state index >= 15 is 0 Å². The molecule has 0 unspecified atom stereocenters. The summed E-state index contributed by atoms with van der Waals surface area (Å²) in [6.07, 6.45) is 0.943. The topological polar surface area (TPSA) is 46.5 Å². The Morgan fingerprint density at radius 3 is 2.67 bits per heavy atom. The van der Waals surface area contributed by atoms with Crippen LogP contribution < -0.4 is 10.1 Å². The van der Waals surface area contributed by atoms with Crippen LogP contribution in [-0.4, -0.2) is 49.2 Å². The van der Waals surface area contributed by atoms with Crippen molar-refractivity contribution in [2.75, 3.05) is 33.8 Å². The maximum absolute atomic E-state index is 12.7. The van der Waals surface area contributed by atoms with Crippen molar-refractivity contribution in [3.8, 4) is 5.75 Å². The van der Waals surface area contributed by atoms with Gasteiger partial charge >= 0.3 is 0 Å². The van der Waals surface area contributed by atoms with Gasteiger partial charge in [-0.2, -0.15) is 0 Å². The second-order valence-corrected chi connectivity index (χ2v) is 6.24. The molecule has 1 heterocycles. The monoisotopic (exact) mass is 331 g/mol. The van der Waals surface area contributed by atoms with Gasteiger partial charge in [-0.1, -0.05) is 0 Å². The zero-order valence-electron chi connectivity index (χ0n) is 15.5. The number of carbonyl (C=O) groups is 1. The molecular formula is C19H29N3O2. The number of nitrogens with one attached hydrogen (secondary N) is 1. The number of benzene rings is 1. The molecule has 1 aromatic heterocycles. The Bertz CT molecular complexity index is 704. The molecule has 0 aliphatic heterocycles. The molecule has 5 nitrogen and oxygen atoms in total. The highest BCUT2D eigenvalue weighted by molar-refractivity contribution is 6.02. The van der Waals surface area contributed by atoms with Crippen LogP contribution in [0, 0.1) is 6.92 Å². The second-order valence-electron chi connectivity index (χ2n) is 6.24. The van der Waals surface area contributed by atoms with Crippen LogP contribution in [0.5, 0.6) is 5.75 Å². The maximum atomic E-state index is 12.7. The average Bonchev–Trinajstić information content (AvgIpc) is 2.83. The van der Waals surface area contributed by atoms with Crippen LogP contribution in [0.2, 0.25) is 0 Å². The van der Waals surface area contributed by atoms with Crippen LogP contribution in [0.4, 0.5) is 0 Å². The first kappa shape index (κ1) is 18.3. The van der Waals surface area contributed by atoms with Gasteiger partial charge in [0.25, 0.3) is 5.91 Å². The zero-order valence-corrected chi connectivity index (χ0v) is 15.5. The predicted molar refractivity (Wildman–Crippen MR) is 99.0 cm³/mol. The Hall–Kier alpha value is -2.01. The molecule has 5 heteroatoms. The number of hydrogen-bond acceptors (Lipinski definition) is 3. The minimum Gasteiger partial charge on any atom is -0.494 e. The van der Waals surface area contributed by atoms with Gasteiger partial charge in [-0.3, -0.25) is 4.79 Å². The summed E-state index contributed by atoms with van der Waals surface area (Å²) in [6, 6.07) is 6.04. The molecule has 2 aromatic rings. The van der Waals surface area contributed by atoms with E-state index in [1.54, 1.807) is 0 Å². The van der Waals surface area contributed by atoms with Crippen molar-refractivity contribution >= 4 is 16.8 Å². The van der Waals surface area contributed by atoms with E-state index < -0.39 is 0 Å². The van der Waals surface area contributed by atoms with E-state index in [1.165, 1.54) is 0 Å². The van der Waals surface area contributed by atoms with Crippen LogP contribution >= 0.6 is 0 Å². The summed E-state index contributed by atoms with van der Waals surface area (Å²) >= 11 is 0. The first-order valence-electron chi connectivity index (χ1n) is 8.68. The van der Waals surface area contributed by atoms with Crippen LogP contribution in [0.1, 0.15) is 36.3 Å². The Morgan fingerprint density at radius 2 is 2.04 bits per heavy atom. The molecule has 0 aliphatic carbocycles. The van der Waals surface area contributed by atoms with E-state index in [4.69, 9.17) is 4.74 Å². The highest BCUT2D eigenvalue weighted by Gasteiger charge is 2.19. The number of amides is 1. The molecule has 0 saturated heterocycles. The summed E-state index contributed by atoms with van der Waals surface area (Å²) in [4.78, 5) is 14.8. The van der Waals surface area contributed by atoms with Gasteiger partial charge in [0.2, 0.25) is 0 Å². The van der Waals surface area contributed by atoms with Crippen molar-refractivity contribution in [3.05, 3.63) is 29.5 Å². The van der Waals surface area contributed by atoms with Gasteiger partial charge < -0.3 is 19.5 Å². The van der Waals surface area contributed by atoms with Crippen molar-refractivity contribution < 1.29 is 9.53 Å². The van der Waals surface area contributed by atoms with Crippen molar-refractivity contribution in [1.82, 2.24) is 14.8 Å². The van der Waals surface area contributed by atoms with Crippen LogP contribution in [0.25, 0.3) is 10.9 Å². The molecule has 0 atom stereocenters. The fraction of sp³-hybridized carbons (Fsp3) is 0.526. The number of carbonyl (C=O) groups excluding carboxylic acids is 1. The third-order valence-electron chi connectivity index (χ3n) is 4.20. The molecule has 2 rings (SSSR count). The van der Waals surface area contributed by atoms with E-state index in [2.05, 4.69) is 21.7 Å². The summed E-state index contributed by atoms with van der Waals surface area (Å²) < 4.78 is 7.68. The van der Waals surface area contributed by atoms with Crippen molar-refractivity contribution in [2.24, 2.45) is 0 Å². The van der Waals surface area contributed by atoms with Gasteiger partial charge in [0.15, 0.2) is 0 Å². The van der Waals surface area contributed by atoms with Gasteiger partial charge in [0.05, 0.1) is 6.61 Å². The van der Waals surface area contributed by atoms with Gasteiger partial charge in [0, 0.05) is 24.0 Å². The fourth-order valence-electron chi connectivity index (χ4n) is 3.06. The average molecular weight is 331 g/mol. The lowest BCUT2D eigenvalue weighted by Gasteiger charge is -2.12. The number of aromatic nitrogens is 1. The number of fused-ring (bicyclic) bond motifs is 1. The molecule has 0 bridgehead atoms. The Labute approximate surface area is 144 Å². The molecule has 1 aromatic carbocycles. The van der Waals surface area contributed by atoms with Crippen LogP contribution in [0.3, 0.4) is 0 Å². The number of nitrogens with zero attached hydrogens (tertiary/aromatic N) is 2. The van der Waals surface area contributed by atoms with Gasteiger partial charge in [-0.05, 0) is 71.6 Å². The van der Waals surface area contributed by atoms with Gasteiger partial charge in [-0.25, -0.2) is 0 Å². The van der Waals surface area contributed by atoms with E-state index in [0.29, 0.717) is 13.2 Å². The Morgan fingerprint density at radius 1 is 1.29 bits per heavy atom. The quantitative estimate of drug-likeness (QED) is 0.756. The molecule has 1 amide bonds. The lowest BCUT2D eigenvalue weighted by molar-refractivity contribution is 0.0943. The van der Waals surface area contributed by atoms with Crippen molar-refractivity contribution in [3.63, 3.8) is 0 Å². The van der Waals surface area contributed by atoms with Crippen LogP contribution in [0.15, 0.2) is 18.2 Å². The van der Waals surface area contributed by atoms with E-state index in [0.717, 1.165) is 47.4 Å². The summed E-state index contributed by atoms with van der Waals surface area (Å²) in [5, 5.41) is 4.14. The largest absolute Gasteiger partial charge is 0.494 e. The highest BCUT2D eigenvalue weighted by atomic mass is 16.5. The Kier molecular flexibility index (Phi) is 6.26. The molecule has 0 fully saturated rings. The lowest BCUT2D eigenvalue weighted by atomic mass is 10.1. The molecule has 24 heavy (non-hydrogen) atoms. The molecule has 0 radical (unpaired) electrons. The van der Waals surface area contributed by atoms with Crippen LogP contribution in [-0.2, 0) is 6.54 Å². The number of hydrogen-bond donors (Lipinski definition) is 1. The first-order valence-corrected chi connectivity index (χ1v) is 8.68. The molecule has 0 spiro atoms. The van der Waals surface area contributed by atoms with Gasteiger partial charge in [-0.15, -0.1) is 0 Å². The van der Waals surface area contributed by atoms with E-state index in [-0.39, 0.29) is 5.91 Å².